The lowest BCUT2D eigenvalue weighted by atomic mass is 10.0. The Morgan fingerprint density at radius 1 is 1.40 bits per heavy atom. The molecular weight excluding hydrogens is 318 g/mol. The van der Waals surface area contributed by atoms with Gasteiger partial charge in [0.25, 0.3) is 5.91 Å². The zero-order valence-corrected chi connectivity index (χ0v) is 13.9. The molecule has 3 aromatic rings. The van der Waals surface area contributed by atoms with E-state index in [9.17, 15) is 9.90 Å². The van der Waals surface area contributed by atoms with Crippen molar-refractivity contribution >= 4 is 11.6 Å². The van der Waals surface area contributed by atoms with E-state index in [1.807, 2.05) is 36.4 Å². The maximum absolute atomic E-state index is 12.6. The van der Waals surface area contributed by atoms with Gasteiger partial charge in [-0.1, -0.05) is 12.1 Å². The molecule has 25 heavy (non-hydrogen) atoms. The normalized spacial score (nSPS) is 14.2. The Morgan fingerprint density at radius 2 is 2.28 bits per heavy atom. The van der Waals surface area contributed by atoms with E-state index in [1.54, 1.807) is 17.5 Å². The standard InChI is InChI=1S/C19H19N3O3/c1-12-18(22-8-3-2-4-17(22)21-12)19(24)20-11-15(23)13-5-6-16-14(10-13)7-9-25-16/h2-6,8,10,15,23H,7,9,11H2,1H3,(H,20,24)/t15-/m1/s1. The fraction of sp³-hybridized carbons (Fsp3) is 0.263. The number of aryl methyl sites for hydroxylation is 1. The van der Waals surface area contributed by atoms with E-state index >= 15 is 0 Å². The number of hydrogen-bond donors (Lipinski definition) is 2. The van der Waals surface area contributed by atoms with Crippen LogP contribution in [0.4, 0.5) is 0 Å². The quantitative estimate of drug-likeness (QED) is 0.764. The van der Waals surface area contributed by atoms with Gasteiger partial charge >= 0.3 is 0 Å². The Kier molecular flexibility index (Phi) is 3.89. The van der Waals surface area contributed by atoms with Crippen LogP contribution < -0.4 is 10.1 Å². The van der Waals surface area contributed by atoms with E-state index in [0.29, 0.717) is 18.0 Å². The molecule has 1 aliphatic heterocycles. The van der Waals surface area contributed by atoms with Crippen LogP contribution in [0.1, 0.15) is 33.4 Å². The van der Waals surface area contributed by atoms with Crippen LogP contribution in [0.5, 0.6) is 5.75 Å². The first kappa shape index (κ1) is 15.7. The predicted molar refractivity (Wildman–Crippen MR) is 92.9 cm³/mol. The highest BCUT2D eigenvalue weighted by Gasteiger charge is 2.19. The average molecular weight is 337 g/mol. The smallest absolute Gasteiger partial charge is 0.270 e. The maximum atomic E-state index is 12.6. The van der Waals surface area contributed by atoms with E-state index in [0.717, 1.165) is 28.9 Å². The van der Waals surface area contributed by atoms with Crippen LogP contribution in [-0.2, 0) is 6.42 Å². The summed E-state index contributed by atoms with van der Waals surface area (Å²) in [6.45, 7) is 2.62. The Bertz CT molecular complexity index is 948. The molecule has 0 saturated heterocycles. The molecule has 6 heteroatoms. The number of nitrogens with zero attached hydrogens (tertiary/aromatic N) is 2. The van der Waals surface area contributed by atoms with Crippen LogP contribution in [0.2, 0.25) is 0 Å². The molecule has 0 fully saturated rings. The Morgan fingerprint density at radius 3 is 3.16 bits per heavy atom. The van der Waals surface area contributed by atoms with E-state index in [-0.39, 0.29) is 12.5 Å². The molecule has 1 atom stereocenters. The molecule has 2 aromatic heterocycles. The number of aliphatic hydroxyl groups excluding tert-OH is 1. The van der Waals surface area contributed by atoms with E-state index < -0.39 is 6.10 Å². The highest BCUT2D eigenvalue weighted by Crippen LogP contribution is 2.28. The first-order chi connectivity index (χ1) is 12.1. The maximum Gasteiger partial charge on any atom is 0.270 e. The third-order valence-electron chi connectivity index (χ3n) is 4.47. The zero-order chi connectivity index (χ0) is 17.4. The Balaban J connectivity index is 1.49. The summed E-state index contributed by atoms with van der Waals surface area (Å²) in [4.78, 5) is 16.9. The molecule has 4 rings (SSSR count). The highest BCUT2D eigenvalue weighted by atomic mass is 16.5. The van der Waals surface area contributed by atoms with Gasteiger partial charge in [-0.2, -0.15) is 0 Å². The van der Waals surface area contributed by atoms with Crippen molar-refractivity contribution in [1.82, 2.24) is 14.7 Å². The fourth-order valence-corrected chi connectivity index (χ4v) is 3.19. The lowest BCUT2D eigenvalue weighted by Crippen LogP contribution is -2.29. The monoisotopic (exact) mass is 337 g/mol. The van der Waals surface area contributed by atoms with E-state index in [4.69, 9.17) is 4.74 Å². The molecule has 6 nitrogen and oxygen atoms in total. The number of imidazole rings is 1. The first-order valence-corrected chi connectivity index (χ1v) is 8.29. The molecule has 3 heterocycles. The number of rotatable bonds is 4. The summed E-state index contributed by atoms with van der Waals surface area (Å²) < 4.78 is 7.23. The highest BCUT2D eigenvalue weighted by molar-refractivity contribution is 5.94. The minimum atomic E-state index is -0.769. The second kappa shape index (κ2) is 6.22. The molecule has 0 radical (unpaired) electrons. The summed E-state index contributed by atoms with van der Waals surface area (Å²) in [5.74, 6) is 0.626. The summed E-state index contributed by atoms with van der Waals surface area (Å²) in [6.07, 6.45) is 1.89. The minimum absolute atomic E-state index is 0.137. The van der Waals surface area contributed by atoms with Crippen molar-refractivity contribution in [2.75, 3.05) is 13.2 Å². The van der Waals surface area contributed by atoms with Crippen molar-refractivity contribution in [1.29, 1.82) is 0 Å². The molecule has 0 bridgehead atoms. The van der Waals surface area contributed by atoms with Gasteiger partial charge in [0.05, 0.1) is 18.4 Å². The number of nitrogens with one attached hydrogen (secondary N) is 1. The number of aromatic nitrogens is 2. The fourth-order valence-electron chi connectivity index (χ4n) is 3.19. The van der Waals surface area contributed by atoms with Crippen LogP contribution >= 0.6 is 0 Å². The van der Waals surface area contributed by atoms with Crippen molar-refractivity contribution < 1.29 is 14.6 Å². The van der Waals surface area contributed by atoms with Gasteiger partial charge in [0.1, 0.15) is 17.1 Å². The van der Waals surface area contributed by atoms with Crippen LogP contribution in [-0.4, -0.2) is 33.6 Å². The van der Waals surface area contributed by atoms with Crippen LogP contribution in [0.15, 0.2) is 42.6 Å². The average Bonchev–Trinajstić information content (AvgIpc) is 3.21. The number of hydrogen-bond acceptors (Lipinski definition) is 4. The topological polar surface area (TPSA) is 75.9 Å². The van der Waals surface area contributed by atoms with Gasteiger partial charge in [0, 0.05) is 19.2 Å². The molecule has 2 N–H and O–H groups in total. The molecule has 1 aromatic carbocycles. The lowest BCUT2D eigenvalue weighted by Gasteiger charge is -2.13. The largest absolute Gasteiger partial charge is 0.493 e. The molecule has 1 aliphatic rings. The summed E-state index contributed by atoms with van der Waals surface area (Å²) >= 11 is 0. The molecule has 128 valence electrons. The summed E-state index contributed by atoms with van der Waals surface area (Å²) in [5.41, 5.74) is 3.75. The van der Waals surface area contributed by atoms with Gasteiger partial charge in [-0.3, -0.25) is 9.20 Å². The molecule has 1 amide bonds. The van der Waals surface area contributed by atoms with Crippen LogP contribution in [0, 0.1) is 6.92 Å². The van der Waals surface area contributed by atoms with Gasteiger partial charge in [-0.05, 0) is 42.3 Å². The SMILES string of the molecule is Cc1nc2ccccn2c1C(=O)NC[C@@H](O)c1ccc2c(c1)CCO2. The first-order valence-electron chi connectivity index (χ1n) is 8.29. The zero-order valence-electron chi connectivity index (χ0n) is 13.9. The number of amides is 1. The number of carbonyl (C=O) groups excluding carboxylic acids is 1. The number of carbonyl (C=O) groups is 1. The van der Waals surface area contributed by atoms with Crippen molar-refractivity contribution in [3.63, 3.8) is 0 Å². The summed E-state index contributed by atoms with van der Waals surface area (Å²) in [5, 5.41) is 13.2. The Labute approximate surface area is 145 Å². The van der Waals surface area contributed by atoms with Crippen molar-refractivity contribution in [2.45, 2.75) is 19.4 Å². The molecular formula is C19H19N3O3. The van der Waals surface area contributed by atoms with Crippen LogP contribution in [0.25, 0.3) is 5.65 Å². The number of benzene rings is 1. The number of ether oxygens (including phenoxy) is 1. The third kappa shape index (κ3) is 2.85. The molecule has 0 spiro atoms. The second-order valence-corrected chi connectivity index (χ2v) is 6.17. The molecule has 0 unspecified atom stereocenters. The van der Waals surface area contributed by atoms with Crippen molar-refractivity contribution in [3.05, 3.63) is 65.1 Å². The predicted octanol–water partition coefficient (Wildman–Crippen LogP) is 2.04. The van der Waals surface area contributed by atoms with Crippen molar-refractivity contribution in [2.24, 2.45) is 0 Å². The van der Waals surface area contributed by atoms with Gasteiger partial charge in [0.15, 0.2) is 0 Å². The number of fused-ring (bicyclic) bond motifs is 2. The van der Waals surface area contributed by atoms with Gasteiger partial charge < -0.3 is 15.2 Å². The third-order valence-corrected chi connectivity index (χ3v) is 4.47. The molecule has 0 saturated carbocycles. The van der Waals surface area contributed by atoms with Gasteiger partial charge in [-0.25, -0.2) is 4.98 Å². The molecule has 0 aliphatic carbocycles. The van der Waals surface area contributed by atoms with Crippen molar-refractivity contribution in [3.8, 4) is 5.75 Å². The van der Waals surface area contributed by atoms with E-state index in [1.165, 1.54) is 0 Å². The van der Waals surface area contributed by atoms with Crippen LogP contribution in [0.3, 0.4) is 0 Å². The Hall–Kier alpha value is -2.86. The number of pyridine rings is 1. The summed E-state index contributed by atoms with van der Waals surface area (Å²) in [7, 11) is 0. The second-order valence-electron chi connectivity index (χ2n) is 6.17. The minimum Gasteiger partial charge on any atom is -0.493 e. The van der Waals surface area contributed by atoms with Gasteiger partial charge in [-0.15, -0.1) is 0 Å². The number of aliphatic hydroxyl groups is 1. The lowest BCUT2D eigenvalue weighted by molar-refractivity contribution is 0.0910. The van der Waals surface area contributed by atoms with E-state index in [2.05, 4.69) is 10.3 Å². The summed E-state index contributed by atoms with van der Waals surface area (Å²) in [6, 6.07) is 11.2. The van der Waals surface area contributed by atoms with Gasteiger partial charge in [0.2, 0.25) is 0 Å².